The molecule has 0 unspecified atom stereocenters. The number of aryl methyl sites for hydroxylation is 1. The Labute approximate surface area is 118 Å². The lowest BCUT2D eigenvalue weighted by atomic mass is 10.3. The lowest BCUT2D eigenvalue weighted by Gasteiger charge is -2.18. The molecule has 0 spiro atoms. The Morgan fingerprint density at radius 3 is 2.42 bits per heavy atom. The maximum Gasteiger partial charge on any atom is 0.257 e. The Bertz CT molecular complexity index is 521. The summed E-state index contributed by atoms with van der Waals surface area (Å²) in [5, 5.41) is 0.591. The van der Waals surface area contributed by atoms with Gasteiger partial charge in [0.05, 0.1) is 5.75 Å². The topological polar surface area (TPSA) is 55.2 Å². The summed E-state index contributed by atoms with van der Waals surface area (Å²) in [4.78, 5) is 30.0. The quantitative estimate of drug-likeness (QED) is 0.605. The zero-order valence-corrected chi connectivity index (χ0v) is 13.0. The summed E-state index contributed by atoms with van der Waals surface area (Å²) in [6.07, 6.45) is 0. The van der Waals surface area contributed by atoms with E-state index < -0.39 is 0 Å². The summed E-state index contributed by atoms with van der Waals surface area (Å²) in [7, 11) is 1.69. The Hall–Kier alpha value is -1.30. The molecular formula is C13H21N3O2S. The molecule has 1 aromatic rings. The number of hydrogen-bond acceptors (Lipinski definition) is 4. The highest BCUT2D eigenvalue weighted by Gasteiger charge is 2.13. The average molecular weight is 283 g/mol. The predicted octanol–water partition coefficient (Wildman–Crippen LogP) is 1.36. The van der Waals surface area contributed by atoms with Gasteiger partial charge >= 0.3 is 0 Å². The van der Waals surface area contributed by atoms with Gasteiger partial charge in [0.25, 0.3) is 5.56 Å². The van der Waals surface area contributed by atoms with E-state index in [0.717, 1.165) is 5.69 Å². The van der Waals surface area contributed by atoms with E-state index >= 15 is 0 Å². The minimum Gasteiger partial charge on any atom is -0.343 e. The number of aromatic nitrogens is 2. The van der Waals surface area contributed by atoms with Crippen molar-refractivity contribution in [3.63, 3.8) is 0 Å². The summed E-state index contributed by atoms with van der Waals surface area (Å²) < 4.78 is 1.50. The number of carbonyl (C=O) groups is 1. The molecule has 0 aromatic carbocycles. The van der Waals surface area contributed by atoms with Crippen molar-refractivity contribution in [2.45, 2.75) is 32.9 Å². The van der Waals surface area contributed by atoms with Gasteiger partial charge in [0.1, 0.15) is 0 Å². The van der Waals surface area contributed by atoms with E-state index in [0.29, 0.717) is 29.6 Å². The zero-order valence-electron chi connectivity index (χ0n) is 12.2. The van der Waals surface area contributed by atoms with Gasteiger partial charge in [0.2, 0.25) is 5.91 Å². The van der Waals surface area contributed by atoms with Crippen molar-refractivity contribution in [2.75, 3.05) is 18.8 Å². The number of hydrogen-bond donors (Lipinski definition) is 0. The SMILES string of the molecule is CCN(CC)C(=O)CSc1nc(C)c(C)c(=O)n1C. The van der Waals surface area contributed by atoms with Gasteiger partial charge in [-0.15, -0.1) is 0 Å². The van der Waals surface area contributed by atoms with Gasteiger partial charge in [-0.25, -0.2) is 4.98 Å². The maximum atomic E-state index is 11.9. The molecule has 0 radical (unpaired) electrons. The Morgan fingerprint density at radius 2 is 1.89 bits per heavy atom. The molecule has 0 saturated heterocycles. The Kier molecular flexibility index (Phi) is 5.60. The first kappa shape index (κ1) is 15.8. The van der Waals surface area contributed by atoms with Crippen LogP contribution in [0.3, 0.4) is 0 Å². The minimum absolute atomic E-state index is 0.0507. The van der Waals surface area contributed by atoms with E-state index in [1.165, 1.54) is 16.3 Å². The highest BCUT2D eigenvalue weighted by atomic mass is 32.2. The number of carbonyl (C=O) groups excluding carboxylic acids is 1. The number of thioether (sulfide) groups is 1. The van der Waals surface area contributed by atoms with Crippen LogP contribution in [-0.4, -0.2) is 39.2 Å². The first-order chi connectivity index (χ1) is 8.92. The van der Waals surface area contributed by atoms with E-state index in [-0.39, 0.29) is 11.5 Å². The predicted molar refractivity (Wildman–Crippen MR) is 77.6 cm³/mol. The summed E-state index contributed by atoms with van der Waals surface area (Å²) in [6.45, 7) is 8.89. The average Bonchev–Trinajstić information content (AvgIpc) is 2.40. The van der Waals surface area contributed by atoms with Gasteiger partial charge in [0.15, 0.2) is 5.16 Å². The van der Waals surface area contributed by atoms with Crippen LogP contribution in [0.2, 0.25) is 0 Å². The normalized spacial score (nSPS) is 10.6. The first-order valence-corrected chi connectivity index (χ1v) is 7.35. The second-order valence-corrected chi connectivity index (χ2v) is 5.27. The van der Waals surface area contributed by atoms with Gasteiger partial charge in [0, 0.05) is 31.4 Å². The lowest BCUT2D eigenvalue weighted by molar-refractivity contribution is -0.127. The van der Waals surface area contributed by atoms with Crippen LogP contribution in [0.5, 0.6) is 0 Å². The van der Waals surface area contributed by atoms with Crippen LogP contribution in [-0.2, 0) is 11.8 Å². The molecule has 0 aliphatic carbocycles. The fraction of sp³-hybridized carbons (Fsp3) is 0.615. The molecule has 0 N–H and O–H groups in total. The van der Waals surface area contributed by atoms with Gasteiger partial charge in [-0.2, -0.15) is 0 Å². The molecule has 5 nitrogen and oxygen atoms in total. The fourth-order valence-electron chi connectivity index (χ4n) is 1.72. The van der Waals surface area contributed by atoms with Crippen LogP contribution in [0.4, 0.5) is 0 Å². The Morgan fingerprint density at radius 1 is 1.32 bits per heavy atom. The fourth-order valence-corrected chi connectivity index (χ4v) is 2.63. The van der Waals surface area contributed by atoms with Crippen LogP contribution in [0.15, 0.2) is 9.95 Å². The van der Waals surface area contributed by atoms with Crippen LogP contribution in [0, 0.1) is 13.8 Å². The van der Waals surface area contributed by atoms with Gasteiger partial charge in [-0.1, -0.05) is 11.8 Å². The van der Waals surface area contributed by atoms with Crippen molar-refractivity contribution in [1.29, 1.82) is 0 Å². The standard InChI is InChI=1S/C13H21N3O2S/c1-6-16(7-2)11(17)8-19-13-14-10(4)9(3)12(18)15(13)5/h6-8H2,1-5H3. The van der Waals surface area contributed by atoms with Crippen LogP contribution in [0.1, 0.15) is 25.1 Å². The number of nitrogens with zero attached hydrogens (tertiary/aromatic N) is 3. The van der Waals surface area contributed by atoms with Crippen LogP contribution >= 0.6 is 11.8 Å². The highest BCUT2D eigenvalue weighted by molar-refractivity contribution is 7.99. The summed E-state index contributed by atoms with van der Waals surface area (Å²) in [5.74, 6) is 0.382. The molecule has 6 heteroatoms. The number of rotatable bonds is 5. The molecule has 0 aliphatic rings. The van der Waals surface area contributed by atoms with Gasteiger partial charge in [-0.05, 0) is 27.7 Å². The summed E-state index contributed by atoms with van der Waals surface area (Å²) in [6, 6.07) is 0. The van der Waals surface area contributed by atoms with Gasteiger partial charge < -0.3 is 4.90 Å². The molecule has 1 rings (SSSR count). The molecule has 19 heavy (non-hydrogen) atoms. The third-order valence-electron chi connectivity index (χ3n) is 3.16. The first-order valence-electron chi connectivity index (χ1n) is 6.37. The minimum atomic E-state index is -0.0507. The molecule has 0 aliphatic heterocycles. The molecule has 1 heterocycles. The van der Waals surface area contributed by atoms with E-state index in [2.05, 4.69) is 4.98 Å². The smallest absolute Gasteiger partial charge is 0.257 e. The van der Waals surface area contributed by atoms with Crippen molar-refractivity contribution in [3.8, 4) is 0 Å². The van der Waals surface area contributed by atoms with Gasteiger partial charge in [-0.3, -0.25) is 14.2 Å². The monoisotopic (exact) mass is 283 g/mol. The van der Waals surface area contributed by atoms with E-state index in [4.69, 9.17) is 0 Å². The largest absolute Gasteiger partial charge is 0.343 e. The highest BCUT2D eigenvalue weighted by Crippen LogP contribution is 2.15. The second-order valence-electron chi connectivity index (χ2n) is 4.32. The molecule has 0 bridgehead atoms. The molecule has 1 aromatic heterocycles. The van der Waals surface area contributed by atoms with Crippen molar-refractivity contribution in [2.24, 2.45) is 7.05 Å². The molecule has 1 amide bonds. The van der Waals surface area contributed by atoms with Crippen molar-refractivity contribution in [3.05, 3.63) is 21.6 Å². The third kappa shape index (κ3) is 3.59. The third-order valence-corrected chi connectivity index (χ3v) is 4.17. The lowest BCUT2D eigenvalue weighted by Crippen LogP contribution is -2.32. The second kappa shape index (κ2) is 6.75. The summed E-state index contributed by atoms with van der Waals surface area (Å²) in [5.41, 5.74) is 1.33. The van der Waals surface area contributed by atoms with E-state index in [9.17, 15) is 9.59 Å². The molecule has 106 valence electrons. The van der Waals surface area contributed by atoms with Crippen LogP contribution < -0.4 is 5.56 Å². The molecular weight excluding hydrogens is 262 g/mol. The molecule has 0 fully saturated rings. The van der Waals surface area contributed by atoms with Crippen molar-refractivity contribution >= 4 is 17.7 Å². The zero-order chi connectivity index (χ0) is 14.6. The Balaban J connectivity index is 2.85. The maximum absolute atomic E-state index is 11.9. The van der Waals surface area contributed by atoms with Crippen molar-refractivity contribution < 1.29 is 4.79 Å². The molecule has 0 atom stereocenters. The molecule has 0 saturated carbocycles. The van der Waals surface area contributed by atoms with Crippen LogP contribution in [0.25, 0.3) is 0 Å². The number of amides is 1. The van der Waals surface area contributed by atoms with E-state index in [1.807, 2.05) is 20.8 Å². The van der Waals surface area contributed by atoms with E-state index in [1.54, 1.807) is 18.9 Å². The van der Waals surface area contributed by atoms with Crippen molar-refractivity contribution in [1.82, 2.24) is 14.5 Å². The summed E-state index contributed by atoms with van der Waals surface area (Å²) >= 11 is 1.31.